The van der Waals surface area contributed by atoms with E-state index in [4.69, 9.17) is 21.1 Å². The molecule has 3 heterocycles. The van der Waals surface area contributed by atoms with Crippen molar-refractivity contribution < 1.29 is 13.9 Å². The van der Waals surface area contributed by atoms with Crippen LogP contribution in [0.2, 0.25) is 5.02 Å². The predicted octanol–water partition coefficient (Wildman–Crippen LogP) is 4.75. The molecule has 0 amide bonds. The molecule has 1 saturated heterocycles. The summed E-state index contributed by atoms with van der Waals surface area (Å²) in [5.41, 5.74) is 3.13. The van der Waals surface area contributed by atoms with E-state index in [1.54, 1.807) is 6.07 Å². The van der Waals surface area contributed by atoms with Gasteiger partial charge in [-0.15, -0.1) is 0 Å². The van der Waals surface area contributed by atoms with Gasteiger partial charge in [0.1, 0.15) is 11.3 Å². The van der Waals surface area contributed by atoms with Crippen LogP contribution < -0.4 is 10.1 Å². The third kappa shape index (κ3) is 4.37. The molecule has 0 unspecified atom stereocenters. The summed E-state index contributed by atoms with van der Waals surface area (Å²) in [6.45, 7) is 2.02. The molecule has 7 nitrogen and oxygen atoms in total. The Kier molecular flexibility index (Phi) is 5.63. The number of nitrogens with one attached hydrogen (secondary N) is 1. The quantitative estimate of drug-likeness (QED) is 0.435. The van der Waals surface area contributed by atoms with Gasteiger partial charge < -0.3 is 19.4 Å². The Morgan fingerprint density at radius 3 is 2.59 bits per heavy atom. The molecule has 2 aromatic carbocycles. The van der Waals surface area contributed by atoms with Gasteiger partial charge in [0.25, 0.3) is 0 Å². The Labute approximate surface area is 189 Å². The maximum absolute atomic E-state index is 14.7. The van der Waals surface area contributed by atoms with Crippen LogP contribution in [0.3, 0.4) is 0 Å². The van der Waals surface area contributed by atoms with Crippen molar-refractivity contribution in [3.05, 3.63) is 70.8 Å². The Bertz CT molecular complexity index is 1240. The van der Waals surface area contributed by atoms with Gasteiger partial charge in [0.2, 0.25) is 5.95 Å². The minimum Gasteiger partial charge on any atom is -0.424 e. The number of nitrogens with zero attached hydrogens (tertiary/aromatic N) is 4. The lowest BCUT2D eigenvalue weighted by molar-refractivity contribution is -0.0312. The van der Waals surface area contributed by atoms with E-state index in [9.17, 15) is 4.39 Å². The highest BCUT2D eigenvalue weighted by molar-refractivity contribution is 6.30. The molecule has 1 aliphatic heterocycles. The van der Waals surface area contributed by atoms with E-state index < -0.39 is 0 Å². The molecular weight excluding hydrogens is 433 g/mol. The van der Waals surface area contributed by atoms with Crippen LogP contribution in [-0.2, 0) is 24.8 Å². The first-order valence-corrected chi connectivity index (χ1v) is 10.6. The van der Waals surface area contributed by atoms with Crippen LogP contribution in [0, 0.1) is 11.7 Å². The maximum Gasteiger partial charge on any atom is 0.321 e. The molecule has 5 rings (SSSR count). The van der Waals surface area contributed by atoms with E-state index in [0.717, 1.165) is 36.3 Å². The molecule has 164 valence electrons. The molecular formula is C23H21ClFN5O2. The SMILES string of the molecule is Cn1c(NCc2ccc(Oc3ncc(Cl)cn3)cc2)nc2c(F)cc(CC3COC3)cc21. The van der Waals surface area contributed by atoms with E-state index in [0.29, 0.717) is 34.7 Å². The van der Waals surface area contributed by atoms with Crippen LogP contribution in [0.4, 0.5) is 10.3 Å². The topological polar surface area (TPSA) is 74.1 Å². The van der Waals surface area contributed by atoms with Gasteiger partial charge in [-0.3, -0.25) is 0 Å². The number of ether oxygens (including phenoxy) is 2. The zero-order valence-corrected chi connectivity index (χ0v) is 18.1. The van der Waals surface area contributed by atoms with Crippen LogP contribution in [0.15, 0.2) is 48.8 Å². The van der Waals surface area contributed by atoms with Crippen molar-refractivity contribution >= 4 is 28.6 Å². The number of imidazole rings is 1. The third-order valence-electron chi connectivity index (χ3n) is 5.41. The average Bonchev–Trinajstić information content (AvgIpc) is 3.08. The summed E-state index contributed by atoms with van der Waals surface area (Å²) in [4.78, 5) is 12.5. The zero-order chi connectivity index (χ0) is 22.1. The molecule has 0 atom stereocenters. The second kappa shape index (κ2) is 8.72. The Balaban J connectivity index is 1.26. The van der Waals surface area contributed by atoms with Crippen molar-refractivity contribution in [2.75, 3.05) is 18.5 Å². The number of aryl methyl sites for hydroxylation is 1. The Hall–Kier alpha value is -3.23. The molecule has 1 N–H and O–H groups in total. The first-order chi connectivity index (χ1) is 15.5. The van der Waals surface area contributed by atoms with Crippen molar-refractivity contribution in [1.82, 2.24) is 19.5 Å². The van der Waals surface area contributed by atoms with Crippen molar-refractivity contribution in [2.45, 2.75) is 13.0 Å². The molecule has 1 fully saturated rings. The van der Waals surface area contributed by atoms with Crippen LogP contribution in [-0.4, -0.2) is 32.7 Å². The summed E-state index contributed by atoms with van der Waals surface area (Å²) in [6.07, 6.45) is 3.77. The Morgan fingerprint density at radius 1 is 1.16 bits per heavy atom. The first kappa shape index (κ1) is 20.7. The van der Waals surface area contributed by atoms with E-state index >= 15 is 0 Å². The van der Waals surface area contributed by atoms with Gasteiger partial charge >= 0.3 is 6.01 Å². The fourth-order valence-electron chi connectivity index (χ4n) is 3.63. The highest BCUT2D eigenvalue weighted by Crippen LogP contribution is 2.26. The number of hydrogen-bond donors (Lipinski definition) is 1. The lowest BCUT2D eigenvalue weighted by atomic mass is 9.97. The van der Waals surface area contributed by atoms with Crippen LogP contribution >= 0.6 is 11.6 Å². The standard InChI is InChI=1S/C23H21ClFN5O2/c1-30-20-8-15(6-16-12-31-13-16)7-19(25)21(20)29-22(30)26-9-14-2-4-18(5-3-14)32-23-27-10-17(24)11-28-23/h2-5,7-8,10-11,16H,6,9,12-13H2,1H3,(H,26,29). The van der Waals surface area contributed by atoms with Gasteiger partial charge in [-0.25, -0.2) is 19.3 Å². The van der Waals surface area contributed by atoms with Crippen molar-refractivity contribution in [2.24, 2.45) is 13.0 Å². The van der Waals surface area contributed by atoms with Crippen LogP contribution in [0.5, 0.6) is 11.8 Å². The third-order valence-corrected chi connectivity index (χ3v) is 5.61. The van der Waals surface area contributed by atoms with Crippen molar-refractivity contribution in [3.63, 3.8) is 0 Å². The second-order valence-corrected chi connectivity index (χ2v) is 8.27. The number of fused-ring (bicyclic) bond motifs is 1. The number of rotatable bonds is 7. The van der Waals surface area contributed by atoms with Gasteiger partial charge in [0.05, 0.1) is 36.1 Å². The lowest BCUT2D eigenvalue weighted by Gasteiger charge is -2.25. The summed E-state index contributed by atoms with van der Waals surface area (Å²) in [5, 5.41) is 3.74. The summed E-state index contributed by atoms with van der Waals surface area (Å²) in [7, 11) is 1.89. The molecule has 1 aliphatic rings. The van der Waals surface area contributed by atoms with Crippen LogP contribution in [0.25, 0.3) is 11.0 Å². The average molecular weight is 454 g/mol. The highest BCUT2D eigenvalue weighted by Gasteiger charge is 2.20. The summed E-state index contributed by atoms with van der Waals surface area (Å²) >= 11 is 5.78. The van der Waals surface area contributed by atoms with Gasteiger partial charge in [-0.05, 0) is 41.8 Å². The number of aromatic nitrogens is 4. The van der Waals surface area contributed by atoms with E-state index in [1.165, 1.54) is 12.4 Å². The molecule has 0 bridgehead atoms. The fourth-order valence-corrected chi connectivity index (χ4v) is 3.72. The minimum absolute atomic E-state index is 0.228. The molecule has 0 radical (unpaired) electrons. The zero-order valence-electron chi connectivity index (χ0n) is 17.4. The lowest BCUT2D eigenvalue weighted by Crippen LogP contribution is -2.29. The van der Waals surface area contributed by atoms with E-state index in [1.807, 2.05) is 41.9 Å². The molecule has 0 saturated carbocycles. The van der Waals surface area contributed by atoms with Gasteiger partial charge in [0, 0.05) is 19.5 Å². The number of hydrogen-bond acceptors (Lipinski definition) is 6. The molecule has 9 heteroatoms. The normalized spacial score (nSPS) is 13.8. The van der Waals surface area contributed by atoms with Crippen LogP contribution in [0.1, 0.15) is 11.1 Å². The second-order valence-electron chi connectivity index (χ2n) is 7.83. The number of anilines is 1. The molecule has 0 aliphatic carbocycles. The monoisotopic (exact) mass is 453 g/mol. The summed E-state index contributed by atoms with van der Waals surface area (Å²) < 4.78 is 27.4. The molecule has 32 heavy (non-hydrogen) atoms. The number of benzene rings is 2. The predicted molar refractivity (Wildman–Crippen MR) is 120 cm³/mol. The molecule has 4 aromatic rings. The van der Waals surface area contributed by atoms with E-state index in [2.05, 4.69) is 20.3 Å². The van der Waals surface area contributed by atoms with Crippen molar-refractivity contribution in [3.8, 4) is 11.8 Å². The summed E-state index contributed by atoms with van der Waals surface area (Å²) in [6, 6.07) is 11.4. The fraction of sp³-hybridized carbons (Fsp3) is 0.261. The first-order valence-electron chi connectivity index (χ1n) is 10.3. The smallest absolute Gasteiger partial charge is 0.321 e. The van der Waals surface area contributed by atoms with Crippen molar-refractivity contribution in [1.29, 1.82) is 0 Å². The molecule has 0 spiro atoms. The minimum atomic E-state index is -0.299. The van der Waals surface area contributed by atoms with Gasteiger partial charge in [0.15, 0.2) is 5.82 Å². The highest BCUT2D eigenvalue weighted by atomic mass is 35.5. The molecule has 2 aromatic heterocycles. The van der Waals surface area contributed by atoms with Gasteiger partial charge in [-0.1, -0.05) is 23.7 Å². The maximum atomic E-state index is 14.7. The Morgan fingerprint density at radius 2 is 1.91 bits per heavy atom. The largest absolute Gasteiger partial charge is 0.424 e. The number of halogens is 2. The summed E-state index contributed by atoms with van der Waals surface area (Å²) in [5.74, 6) is 1.39. The van der Waals surface area contributed by atoms with E-state index in [-0.39, 0.29) is 11.8 Å². The van der Waals surface area contributed by atoms with Gasteiger partial charge in [-0.2, -0.15) is 0 Å².